The lowest BCUT2D eigenvalue weighted by atomic mass is 10.2. The quantitative estimate of drug-likeness (QED) is 0.640. The highest BCUT2D eigenvalue weighted by Gasteiger charge is 2.20. The number of benzene rings is 1. The van der Waals surface area contributed by atoms with Gasteiger partial charge in [0.25, 0.3) is 0 Å². The van der Waals surface area contributed by atoms with Crippen LogP contribution < -0.4 is 0 Å². The fraction of sp³-hybridized carbons (Fsp3) is 0.308. The van der Waals surface area contributed by atoms with E-state index in [1.807, 2.05) is 0 Å². The van der Waals surface area contributed by atoms with Crippen molar-refractivity contribution in [3.8, 4) is 11.4 Å². The monoisotopic (exact) mass is 295 g/mol. The molecule has 0 fully saturated rings. The minimum atomic E-state index is -0.406. The normalized spacial score (nSPS) is 12.2. The van der Waals surface area contributed by atoms with Gasteiger partial charge >= 0.3 is 5.97 Å². The van der Waals surface area contributed by atoms with Crippen LogP contribution >= 0.6 is 11.8 Å². The van der Waals surface area contributed by atoms with E-state index in [-0.39, 0.29) is 11.8 Å². The number of aromatic nitrogens is 3. The largest absolute Gasteiger partial charge is 0.468 e. The fourth-order valence-electron chi connectivity index (χ4n) is 1.67. The molecule has 0 bridgehead atoms. The fourth-order valence-corrected chi connectivity index (χ4v) is 2.51. The predicted octanol–water partition coefficient (Wildman–Crippen LogP) is 2.27. The number of esters is 1. The van der Waals surface area contributed by atoms with Crippen LogP contribution in [0.2, 0.25) is 0 Å². The van der Waals surface area contributed by atoms with Gasteiger partial charge < -0.3 is 9.30 Å². The summed E-state index contributed by atoms with van der Waals surface area (Å²) in [5.41, 5.74) is 0.375. The van der Waals surface area contributed by atoms with Crippen LogP contribution in [0.25, 0.3) is 11.4 Å². The summed E-state index contributed by atoms with van der Waals surface area (Å²) in [5.74, 6) is -0.284. The molecular formula is C13H14FN3O2S. The summed E-state index contributed by atoms with van der Waals surface area (Å²) in [7, 11) is 3.06. The van der Waals surface area contributed by atoms with Gasteiger partial charge in [0, 0.05) is 7.05 Å². The van der Waals surface area contributed by atoms with E-state index in [1.165, 1.54) is 24.9 Å². The molecule has 5 nitrogen and oxygen atoms in total. The second kappa shape index (κ2) is 6.04. The van der Waals surface area contributed by atoms with Gasteiger partial charge in [0.15, 0.2) is 11.0 Å². The van der Waals surface area contributed by atoms with Crippen molar-refractivity contribution in [3.63, 3.8) is 0 Å². The van der Waals surface area contributed by atoms with Gasteiger partial charge in [-0.2, -0.15) is 0 Å². The zero-order valence-corrected chi connectivity index (χ0v) is 12.1. The molecule has 20 heavy (non-hydrogen) atoms. The number of hydrogen-bond donors (Lipinski definition) is 0. The summed E-state index contributed by atoms with van der Waals surface area (Å²) in [4.78, 5) is 11.4. The molecule has 0 saturated heterocycles. The van der Waals surface area contributed by atoms with Crippen LogP contribution in [0, 0.1) is 5.82 Å². The number of methoxy groups -OCH3 is 1. The zero-order chi connectivity index (χ0) is 14.7. The maximum absolute atomic E-state index is 13.7. The number of halogens is 1. The molecule has 0 amide bonds. The Kier molecular flexibility index (Phi) is 4.39. The molecule has 0 aliphatic rings. The lowest BCUT2D eigenvalue weighted by Crippen LogP contribution is -2.15. The van der Waals surface area contributed by atoms with Gasteiger partial charge in [0.2, 0.25) is 0 Å². The van der Waals surface area contributed by atoms with Gasteiger partial charge in [-0.15, -0.1) is 10.2 Å². The molecule has 1 aromatic carbocycles. The summed E-state index contributed by atoms with van der Waals surface area (Å²) in [5, 5.41) is 8.10. The minimum absolute atomic E-state index is 0.342. The number of thioether (sulfide) groups is 1. The second-order valence-electron chi connectivity index (χ2n) is 4.13. The number of hydrogen-bond acceptors (Lipinski definition) is 5. The molecule has 2 rings (SSSR count). The molecule has 0 aliphatic heterocycles. The van der Waals surface area contributed by atoms with Crippen LogP contribution in [0.15, 0.2) is 29.4 Å². The van der Waals surface area contributed by atoms with E-state index in [4.69, 9.17) is 0 Å². The zero-order valence-electron chi connectivity index (χ0n) is 11.3. The van der Waals surface area contributed by atoms with Crippen LogP contribution in [0.3, 0.4) is 0 Å². The van der Waals surface area contributed by atoms with Crippen LogP contribution in [0.1, 0.15) is 6.92 Å². The van der Waals surface area contributed by atoms with Crippen molar-refractivity contribution in [1.82, 2.24) is 14.8 Å². The first-order valence-corrected chi connectivity index (χ1v) is 6.81. The van der Waals surface area contributed by atoms with Crippen molar-refractivity contribution in [1.29, 1.82) is 0 Å². The Labute approximate surface area is 120 Å². The Bertz CT molecular complexity index is 630. The van der Waals surface area contributed by atoms with Crippen LogP contribution in [0.5, 0.6) is 0 Å². The van der Waals surface area contributed by atoms with Gasteiger partial charge in [0.05, 0.1) is 12.7 Å². The van der Waals surface area contributed by atoms with Gasteiger partial charge in [-0.25, -0.2) is 4.39 Å². The Morgan fingerprint density at radius 3 is 2.75 bits per heavy atom. The number of carbonyl (C=O) groups excluding carboxylic acids is 1. The van der Waals surface area contributed by atoms with Gasteiger partial charge in [-0.3, -0.25) is 4.79 Å². The summed E-state index contributed by atoms with van der Waals surface area (Å²) >= 11 is 1.22. The molecule has 0 spiro atoms. The summed E-state index contributed by atoms with van der Waals surface area (Å²) in [6, 6.07) is 6.35. The Morgan fingerprint density at radius 2 is 2.10 bits per heavy atom. The molecular weight excluding hydrogens is 281 g/mol. The molecule has 0 unspecified atom stereocenters. The van der Waals surface area contributed by atoms with E-state index in [1.54, 1.807) is 36.7 Å². The van der Waals surface area contributed by atoms with Crippen molar-refractivity contribution in [2.45, 2.75) is 17.3 Å². The molecule has 7 heteroatoms. The Balaban J connectivity index is 2.28. The minimum Gasteiger partial charge on any atom is -0.468 e. The molecule has 1 atom stereocenters. The first kappa shape index (κ1) is 14.5. The third kappa shape index (κ3) is 2.82. The summed E-state index contributed by atoms with van der Waals surface area (Å²) in [6.45, 7) is 1.72. The third-order valence-electron chi connectivity index (χ3n) is 2.76. The van der Waals surface area contributed by atoms with Crippen LogP contribution in [-0.2, 0) is 16.6 Å². The molecule has 1 heterocycles. The maximum atomic E-state index is 13.7. The van der Waals surface area contributed by atoms with Crippen molar-refractivity contribution >= 4 is 17.7 Å². The summed E-state index contributed by atoms with van der Waals surface area (Å²) < 4.78 is 20.1. The molecule has 0 aliphatic carbocycles. The average Bonchev–Trinajstić information content (AvgIpc) is 2.80. The molecule has 0 saturated carbocycles. The van der Waals surface area contributed by atoms with E-state index >= 15 is 0 Å². The average molecular weight is 295 g/mol. The second-order valence-corrected chi connectivity index (χ2v) is 5.44. The van der Waals surface area contributed by atoms with Gasteiger partial charge in [0.1, 0.15) is 11.1 Å². The Morgan fingerprint density at radius 1 is 1.40 bits per heavy atom. The van der Waals surface area contributed by atoms with Crippen molar-refractivity contribution < 1.29 is 13.9 Å². The smallest absolute Gasteiger partial charge is 0.318 e. The number of carbonyl (C=O) groups is 1. The number of nitrogens with zero attached hydrogens (tertiary/aromatic N) is 3. The van der Waals surface area contributed by atoms with Gasteiger partial charge in [-0.1, -0.05) is 23.9 Å². The molecule has 0 radical (unpaired) electrons. The van der Waals surface area contributed by atoms with E-state index < -0.39 is 5.25 Å². The SMILES string of the molecule is COC(=O)[C@@H](C)Sc1nnc(-c2ccccc2F)n1C. The van der Waals surface area contributed by atoms with E-state index in [0.717, 1.165) is 0 Å². The van der Waals surface area contributed by atoms with E-state index in [0.29, 0.717) is 16.5 Å². The topological polar surface area (TPSA) is 57.0 Å². The molecule has 106 valence electrons. The lowest BCUT2D eigenvalue weighted by Gasteiger charge is -2.08. The third-order valence-corrected chi connectivity index (χ3v) is 3.88. The van der Waals surface area contributed by atoms with E-state index in [9.17, 15) is 9.18 Å². The van der Waals surface area contributed by atoms with Crippen LogP contribution in [-0.4, -0.2) is 33.1 Å². The Hall–Kier alpha value is -1.89. The van der Waals surface area contributed by atoms with E-state index in [2.05, 4.69) is 14.9 Å². The first-order chi connectivity index (χ1) is 9.54. The van der Waals surface area contributed by atoms with Crippen molar-refractivity contribution in [2.24, 2.45) is 7.05 Å². The number of ether oxygens (including phenoxy) is 1. The highest BCUT2D eigenvalue weighted by atomic mass is 32.2. The predicted molar refractivity (Wildman–Crippen MR) is 73.7 cm³/mol. The highest BCUT2D eigenvalue weighted by molar-refractivity contribution is 8.00. The highest BCUT2D eigenvalue weighted by Crippen LogP contribution is 2.27. The van der Waals surface area contributed by atoms with Crippen molar-refractivity contribution in [2.75, 3.05) is 7.11 Å². The van der Waals surface area contributed by atoms with Crippen molar-refractivity contribution in [3.05, 3.63) is 30.1 Å². The maximum Gasteiger partial charge on any atom is 0.318 e. The first-order valence-electron chi connectivity index (χ1n) is 5.93. The standard InChI is InChI=1S/C13H14FN3O2S/c1-8(12(18)19-3)20-13-16-15-11(17(13)2)9-6-4-5-7-10(9)14/h4-8H,1-3H3/t8-/m1/s1. The lowest BCUT2D eigenvalue weighted by molar-refractivity contribution is -0.139. The number of rotatable bonds is 4. The van der Waals surface area contributed by atoms with Crippen LogP contribution in [0.4, 0.5) is 4.39 Å². The summed E-state index contributed by atoms with van der Waals surface area (Å²) in [6.07, 6.45) is 0. The van der Waals surface area contributed by atoms with Gasteiger partial charge in [-0.05, 0) is 19.1 Å². The molecule has 2 aromatic rings. The molecule has 0 N–H and O–H groups in total. The molecule has 1 aromatic heterocycles.